The Balaban J connectivity index is 4.79. The second kappa shape index (κ2) is 3.70. The van der Waals surface area contributed by atoms with Gasteiger partial charge in [0.05, 0.1) is 0 Å². The molecule has 1 unspecified atom stereocenters. The van der Waals surface area contributed by atoms with Gasteiger partial charge in [-0.25, -0.2) is 4.39 Å². The van der Waals surface area contributed by atoms with Crippen LogP contribution in [0.15, 0.2) is 23.8 Å². The van der Waals surface area contributed by atoms with Gasteiger partial charge in [-0.3, -0.25) is 0 Å². The summed E-state index contributed by atoms with van der Waals surface area (Å²) in [6.45, 7) is 10.8. The highest BCUT2D eigenvalue weighted by Crippen LogP contribution is 2.27. The van der Waals surface area contributed by atoms with Crippen LogP contribution >= 0.6 is 0 Å². The maximum Gasteiger partial charge on any atom is 0.147 e. The lowest BCUT2D eigenvalue weighted by Crippen LogP contribution is -2.18. The zero-order chi connectivity index (χ0) is 9.07. The average Bonchev–Trinajstić information content (AvgIpc) is 1.88. The maximum atomic E-state index is 13.6. The number of rotatable bonds is 3. The van der Waals surface area contributed by atoms with E-state index in [0.717, 1.165) is 17.6 Å². The van der Waals surface area contributed by atoms with Gasteiger partial charge >= 0.3 is 0 Å². The van der Waals surface area contributed by atoms with Gasteiger partial charge in [0.15, 0.2) is 0 Å². The fourth-order valence-electron chi connectivity index (χ4n) is 1.31. The Morgan fingerprint density at radius 3 is 2.09 bits per heavy atom. The molecule has 64 valence electrons. The topological polar surface area (TPSA) is 0 Å². The number of alkyl halides is 1. The summed E-state index contributed by atoms with van der Waals surface area (Å²) in [4.78, 5) is 0. The van der Waals surface area contributed by atoms with E-state index in [9.17, 15) is 4.39 Å². The Morgan fingerprint density at radius 2 is 2.00 bits per heavy atom. The SMILES string of the molecule is C=CC(C)(F)C(CC)=C(C)C. The van der Waals surface area contributed by atoms with Gasteiger partial charge < -0.3 is 0 Å². The van der Waals surface area contributed by atoms with Crippen LogP contribution in [0.2, 0.25) is 0 Å². The van der Waals surface area contributed by atoms with Crippen molar-refractivity contribution >= 4 is 0 Å². The fraction of sp³-hybridized carbons (Fsp3) is 0.600. The van der Waals surface area contributed by atoms with Crippen molar-refractivity contribution in [2.75, 3.05) is 0 Å². The van der Waals surface area contributed by atoms with Crippen molar-refractivity contribution in [2.45, 2.75) is 39.8 Å². The molecule has 0 radical (unpaired) electrons. The van der Waals surface area contributed by atoms with E-state index in [-0.39, 0.29) is 0 Å². The van der Waals surface area contributed by atoms with Crippen LogP contribution in [0.3, 0.4) is 0 Å². The van der Waals surface area contributed by atoms with Crippen molar-refractivity contribution in [1.82, 2.24) is 0 Å². The normalized spacial score (nSPS) is 15.4. The molecule has 11 heavy (non-hydrogen) atoms. The first-order chi connectivity index (χ1) is 4.95. The summed E-state index contributed by atoms with van der Waals surface area (Å²) in [5.41, 5.74) is 0.568. The smallest absolute Gasteiger partial charge is 0.147 e. The highest BCUT2D eigenvalue weighted by molar-refractivity contribution is 5.25. The van der Waals surface area contributed by atoms with Crippen LogP contribution in [0.4, 0.5) is 4.39 Å². The van der Waals surface area contributed by atoms with E-state index in [4.69, 9.17) is 0 Å². The molecule has 0 N–H and O–H groups in total. The van der Waals surface area contributed by atoms with Crippen molar-refractivity contribution in [2.24, 2.45) is 0 Å². The molecule has 0 saturated heterocycles. The summed E-state index contributed by atoms with van der Waals surface area (Å²) in [7, 11) is 0. The van der Waals surface area contributed by atoms with Crippen LogP contribution in [-0.4, -0.2) is 5.67 Å². The van der Waals surface area contributed by atoms with Crippen molar-refractivity contribution in [3.8, 4) is 0 Å². The van der Waals surface area contributed by atoms with Crippen LogP contribution in [0, 0.1) is 0 Å². The first-order valence-electron chi connectivity index (χ1n) is 3.95. The minimum Gasteiger partial charge on any atom is -0.235 e. The van der Waals surface area contributed by atoms with E-state index in [1.165, 1.54) is 6.08 Å². The molecule has 0 saturated carbocycles. The third-order valence-corrected chi connectivity index (χ3v) is 1.93. The first-order valence-corrected chi connectivity index (χ1v) is 3.95. The fourth-order valence-corrected chi connectivity index (χ4v) is 1.31. The molecule has 0 aliphatic carbocycles. The van der Waals surface area contributed by atoms with Gasteiger partial charge in [-0.15, -0.1) is 0 Å². The molecular weight excluding hydrogens is 139 g/mol. The monoisotopic (exact) mass is 156 g/mol. The van der Waals surface area contributed by atoms with E-state index < -0.39 is 5.67 Å². The van der Waals surface area contributed by atoms with Gasteiger partial charge in [-0.1, -0.05) is 25.2 Å². The van der Waals surface area contributed by atoms with Crippen molar-refractivity contribution < 1.29 is 4.39 Å². The van der Waals surface area contributed by atoms with Crippen molar-refractivity contribution in [1.29, 1.82) is 0 Å². The zero-order valence-electron chi connectivity index (χ0n) is 7.87. The molecule has 0 rings (SSSR count). The molecule has 0 fully saturated rings. The molecule has 0 aromatic rings. The number of halogens is 1. The molecule has 1 heteroatoms. The predicted molar refractivity (Wildman–Crippen MR) is 48.4 cm³/mol. The van der Waals surface area contributed by atoms with Crippen LogP contribution in [-0.2, 0) is 0 Å². The van der Waals surface area contributed by atoms with Gasteiger partial charge in [-0.05, 0) is 32.8 Å². The van der Waals surface area contributed by atoms with E-state index >= 15 is 0 Å². The standard InChI is InChI=1S/C10H17F/c1-6-9(8(3)4)10(5,11)7-2/h7H,2,6H2,1,3-5H3. The molecule has 0 aliphatic rings. The largest absolute Gasteiger partial charge is 0.235 e. The Morgan fingerprint density at radius 1 is 1.55 bits per heavy atom. The molecule has 0 amide bonds. The lowest BCUT2D eigenvalue weighted by atomic mass is 9.92. The highest BCUT2D eigenvalue weighted by Gasteiger charge is 2.23. The summed E-state index contributed by atoms with van der Waals surface area (Å²) >= 11 is 0. The Hall–Kier alpha value is -0.590. The summed E-state index contributed by atoms with van der Waals surface area (Å²) in [5, 5.41) is 0. The molecule has 0 heterocycles. The van der Waals surface area contributed by atoms with E-state index in [1.54, 1.807) is 6.92 Å². The quantitative estimate of drug-likeness (QED) is 0.547. The Kier molecular flexibility index (Phi) is 3.50. The molecule has 0 aliphatic heterocycles. The maximum absolute atomic E-state index is 13.6. The van der Waals surface area contributed by atoms with Crippen LogP contribution < -0.4 is 0 Å². The first kappa shape index (κ1) is 10.4. The molecular formula is C10H17F. The number of hydrogen-bond donors (Lipinski definition) is 0. The summed E-state index contributed by atoms with van der Waals surface area (Å²) in [6.07, 6.45) is 2.11. The second-order valence-electron chi connectivity index (χ2n) is 3.11. The van der Waals surface area contributed by atoms with Gasteiger partial charge in [0, 0.05) is 0 Å². The Bertz CT molecular complexity index is 171. The van der Waals surface area contributed by atoms with Gasteiger partial charge in [0.1, 0.15) is 5.67 Å². The highest BCUT2D eigenvalue weighted by atomic mass is 19.1. The van der Waals surface area contributed by atoms with Gasteiger partial charge in [0.2, 0.25) is 0 Å². The van der Waals surface area contributed by atoms with E-state index in [0.29, 0.717) is 0 Å². The van der Waals surface area contributed by atoms with Crippen LogP contribution in [0.5, 0.6) is 0 Å². The van der Waals surface area contributed by atoms with Crippen LogP contribution in [0.1, 0.15) is 34.1 Å². The minimum atomic E-state index is -1.33. The molecule has 1 atom stereocenters. The number of allylic oxidation sites excluding steroid dienone is 3. The Labute approximate surface area is 68.8 Å². The second-order valence-corrected chi connectivity index (χ2v) is 3.11. The summed E-state index contributed by atoms with van der Waals surface area (Å²) in [5.74, 6) is 0. The molecule has 0 aromatic heterocycles. The van der Waals surface area contributed by atoms with Crippen LogP contribution in [0.25, 0.3) is 0 Å². The molecule has 0 aromatic carbocycles. The van der Waals surface area contributed by atoms with Crippen molar-refractivity contribution in [3.63, 3.8) is 0 Å². The van der Waals surface area contributed by atoms with Gasteiger partial charge in [-0.2, -0.15) is 0 Å². The summed E-state index contributed by atoms with van der Waals surface area (Å²) < 4.78 is 13.6. The average molecular weight is 156 g/mol. The number of hydrogen-bond acceptors (Lipinski definition) is 0. The van der Waals surface area contributed by atoms with Crippen molar-refractivity contribution in [3.05, 3.63) is 23.8 Å². The third-order valence-electron chi connectivity index (χ3n) is 1.93. The van der Waals surface area contributed by atoms with E-state index in [1.807, 2.05) is 20.8 Å². The third kappa shape index (κ3) is 2.49. The predicted octanol–water partition coefficient (Wildman–Crippen LogP) is 3.65. The van der Waals surface area contributed by atoms with E-state index in [2.05, 4.69) is 6.58 Å². The van der Waals surface area contributed by atoms with Gasteiger partial charge in [0.25, 0.3) is 0 Å². The lowest BCUT2D eigenvalue weighted by Gasteiger charge is -2.20. The lowest BCUT2D eigenvalue weighted by molar-refractivity contribution is 0.301. The minimum absolute atomic E-state index is 0.751. The zero-order valence-corrected chi connectivity index (χ0v) is 7.87. The molecule has 0 bridgehead atoms. The molecule has 0 nitrogen and oxygen atoms in total. The summed E-state index contributed by atoms with van der Waals surface area (Å²) in [6, 6.07) is 0. The molecule has 0 spiro atoms.